The van der Waals surface area contributed by atoms with Crippen LogP contribution in [-0.2, 0) is 9.59 Å². The molecule has 0 bridgehead atoms. The van der Waals surface area contributed by atoms with Gasteiger partial charge in [0.25, 0.3) is 5.91 Å². The van der Waals surface area contributed by atoms with E-state index in [0.717, 1.165) is 5.88 Å². The van der Waals surface area contributed by atoms with Gasteiger partial charge in [0.05, 0.1) is 23.8 Å². The summed E-state index contributed by atoms with van der Waals surface area (Å²) < 4.78 is 14.4. The second-order valence-electron chi connectivity index (χ2n) is 8.10. The Hall–Kier alpha value is -2.65. The van der Waals surface area contributed by atoms with E-state index in [1.807, 2.05) is 0 Å². The van der Waals surface area contributed by atoms with Gasteiger partial charge in [-0.2, -0.15) is 0 Å². The van der Waals surface area contributed by atoms with E-state index in [0.29, 0.717) is 29.1 Å². The molecule has 31 heavy (non-hydrogen) atoms. The van der Waals surface area contributed by atoms with E-state index in [2.05, 4.69) is 10.6 Å². The number of benzene rings is 1. The first-order valence-corrected chi connectivity index (χ1v) is 11.5. The van der Waals surface area contributed by atoms with Crippen LogP contribution in [0, 0.1) is 0 Å². The molecule has 0 radical (unpaired) electrons. The van der Waals surface area contributed by atoms with Crippen molar-refractivity contribution in [1.82, 2.24) is 15.1 Å². The van der Waals surface area contributed by atoms with Gasteiger partial charge in [0.2, 0.25) is 11.8 Å². The molecule has 4 atom stereocenters. The molecule has 1 aliphatic carbocycles. The molecule has 2 saturated heterocycles. The molecule has 2 fully saturated rings. The molecule has 3 heterocycles. The lowest BCUT2D eigenvalue weighted by molar-refractivity contribution is -0.137. The van der Waals surface area contributed by atoms with Crippen molar-refractivity contribution in [1.29, 1.82) is 0 Å². The van der Waals surface area contributed by atoms with E-state index in [9.17, 15) is 18.8 Å². The Morgan fingerprint density at radius 2 is 2.00 bits per heavy atom. The molecule has 162 valence electrons. The average molecular weight is 443 g/mol. The maximum atomic E-state index is 14.4. The SMILES string of the molecule is O=C1Nc2ccc(C3C=CC=CC3F)cc2C(=O)N2CCN(C(=O)[C@@H]3CSCN3)CC12. The average Bonchev–Trinajstić information content (AvgIpc) is 3.30. The first-order valence-electron chi connectivity index (χ1n) is 10.4. The van der Waals surface area contributed by atoms with Crippen molar-refractivity contribution in [3.63, 3.8) is 0 Å². The summed E-state index contributed by atoms with van der Waals surface area (Å²) in [5.41, 5.74) is 1.47. The minimum absolute atomic E-state index is 0.0277. The Morgan fingerprint density at radius 1 is 1.16 bits per heavy atom. The highest BCUT2D eigenvalue weighted by Gasteiger charge is 2.42. The molecule has 1 aromatic carbocycles. The lowest BCUT2D eigenvalue weighted by Gasteiger charge is -2.40. The zero-order valence-electron chi connectivity index (χ0n) is 16.8. The van der Waals surface area contributed by atoms with Crippen molar-refractivity contribution in [2.75, 3.05) is 36.6 Å². The quantitative estimate of drug-likeness (QED) is 0.726. The number of nitrogens with one attached hydrogen (secondary N) is 2. The van der Waals surface area contributed by atoms with Crippen LogP contribution in [0.15, 0.2) is 42.5 Å². The monoisotopic (exact) mass is 442 g/mol. The number of piperazine rings is 1. The molecule has 0 saturated carbocycles. The summed E-state index contributed by atoms with van der Waals surface area (Å²) in [6.07, 6.45) is 5.56. The van der Waals surface area contributed by atoms with Gasteiger partial charge in [-0.15, -0.1) is 11.8 Å². The number of amides is 3. The lowest BCUT2D eigenvalue weighted by atomic mass is 9.89. The van der Waals surface area contributed by atoms with Crippen LogP contribution in [0.3, 0.4) is 0 Å². The van der Waals surface area contributed by atoms with Gasteiger partial charge in [0, 0.05) is 30.6 Å². The zero-order valence-corrected chi connectivity index (χ0v) is 17.6. The molecule has 3 aliphatic heterocycles. The zero-order chi connectivity index (χ0) is 21.5. The van der Waals surface area contributed by atoms with E-state index >= 15 is 0 Å². The van der Waals surface area contributed by atoms with Crippen LogP contribution >= 0.6 is 11.8 Å². The summed E-state index contributed by atoms with van der Waals surface area (Å²) in [6.45, 7) is 0.835. The molecular formula is C22H23FN4O3S. The summed E-state index contributed by atoms with van der Waals surface area (Å²) in [6, 6.07) is 4.10. The first kappa shape index (κ1) is 20.3. The predicted octanol–water partition coefficient (Wildman–Crippen LogP) is 1.50. The summed E-state index contributed by atoms with van der Waals surface area (Å²) in [4.78, 5) is 42.3. The highest BCUT2D eigenvalue weighted by Crippen LogP contribution is 2.33. The second-order valence-corrected chi connectivity index (χ2v) is 9.13. The smallest absolute Gasteiger partial charge is 0.256 e. The van der Waals surface area contributed by atoms with Crippen LogP contribution in [0.5, 0.6) is 0 Å². The Kier molecular flexibility index (Phi) is 5.31. The van der Waals surface area contributed by atoms with Crippen molar-refractivity contribution in [3.8, 4) is 0 Å². The molecule has 3 unspecified atom stereocenters. The number of anilines is 1. The number of hydrogen-bond acceptors (Lipinski definition) is 5. The number of thioether (sulfide) groups is 1. The molecule has 1 aromatic rings. The largest absolute Gasteiger partial charge is 0.337 e. The van der Waals surface area contributed by atoms with Gasteiger partial charge in [0.15, 0.2) is 0 Å². The number of nitrogens with zero attached hydrogens (tertiary/aromatic N) is 2. The van der Waals surface area contributed by atoms with Crippen molar-refractivity contribution < 1.29 is 18.8 Å². The highest BCUT2D eigenvalue weighted by atomic mass is 32.2. The Labute approximate surface area is 183 Å². The van der Waals surface area contributed by atoms with Crippen LogP contribution in [0.25, 0.3) is 0 Å². The molecule has 0 spiro atoms. The van der Waals surface area contributed by atoms with Crippen LogP contribution in [0.1, 0.15) is 21.8 Å². The standard InChI is InChI=1S/C22H23FN4O3S/c23-16-4-2-1-3-14(16)13-5-6-17-15(9-13)21(29)27-8-7-26(10-19(27)20(28)25-17)22(30)18-11-31-12-24-18/h1-6,9,14,16,18-19,24H,7-8,10-12H2,(H,25,28)/t14?,16?,18-,19?/m0/s1. The van der Waals surface area contributed by atoms with Gasteiger partial charge in [-0.05, 0) is 23.8 Å². The fraction of sp³-hybridized carbons (Fsp3) is 0.409. The minimum Gasteiger partial charge on any atom is -0.337 e. The maximum Gasteiger partial charge on any atom is 0.256 e. The Bertz CT molecular complexity index is 991. The van der Waals surface area contributed by atoms with Crippen LogP contribution in [0.4, 0.5) is 10.1 Å². The third kappa shape index (κ3) is 3.65. The Balaban J connectivity index is 1.40. The lowest BCUT2D eigenvalue weighted by Crippen LogP contribution is -2.61. The number of carbonyl (C=O) groups is 3. The third-order valence-corrected chi connectivity index (χ3v) is 7.19. The van der Waals surface area contributed by atoms with Gasteiger partial charge in [-0.3, -0.25) is 19.7 Å². The Morgan fingerprint density at radius 3 is 2.77 bits per heavy atom. The first-order chi connectivity index (χ1) is 15.0. The van der Waals surface area contributed by atoms with E-state index in [1.54, 1.807) is 53.1 Å². The van der Waals surface area contributed by atoms with Gasteiger partial charge in [-0.25, -0.2) is 4.39 Å². The van der Waals surface area contributed by atoms with Gasteiger partial charge >= 0.3 is 0 Å². The number of carbonyl (C=O) groups excluding carboxylic acids is 3. The van der Waals surface area contributed by atoms with Crippen LogP contribution < -0.4 is 10.6 Å². The van der Waals surface area contributed by atoms with E-state index in [-0.39, 0.29) is 36.9 Å². The fourth-order valence-electron chi connectivity index (χ4n) is 4.53. The number of alkyl halides is 1. The van der Waals surface area contributed by atoms with Gasteiger partial charge in [-0.1, -0.05) is 24.3 Å². The summed E-state index contributed by atoms with van der Waals surface area (Å²) in [7, 11) is 0. The number of rotatable bonds is 2. The molecule has 2 N–H and O–H groups in total. The number of allylic oxidation sites excluding steroid dienone is 4. The van der Waals surface area contributed by atoms with Crippen molar-refractivity contribution in [3.05, 3.63) is 53.6 Å². The maximum absolute atomic E-state index is 14.4. The van der Waals surface area contributed by atoms with Crippen molar-refractivity contribution in [2.45, 2.75) is 24.2 Å². The second kappa shape index (κ2) is 8.12. The predicted molar refractivity (Wildman–Crippen MR) is 117 cm³/mol. The summed E-state index contributed by atoms with van der Waals surface area (Å²) in [5, 5.41) is 6.00. The van der Waals surface area contributed by atoms with Crippen LogP contribution in [-0.4, -0.2) is 77.0 Å². The molecule has 3 amide bonds. The van der Waals surface area contributed by atoms with E-state index in [4.69, 9.17) is 0 Å². The fourth-order valence-corrected chi connectivity index (χ4v) is 5.46. The van der Waals surface area contributed by atoms with Crippen LogP contribution in [0.2, 0.25) is 0 Å². The van der Waals surface area contributed by atoms with Gasteiger partial charge < -0.3 is 15.1 Å². The normalized spacial score (nSPS) is 30.0. The molecule has 5 rings (SSSR count). The topological polar surface area (TPSA) is 81.8 Å². The van der Waals surface area contributed by atoms with Crippen molar-refractivity contribution >= 4 is 35.2 Å². The van der Waals surface area contributed by atoms with E-state index < -0.39 is 18.1 Å². The molecule has 4 aliphatic rings. The molecule has 0 aromatic heterocycles. The number of halogens is 1. The number of fused-ring (bicyclic) bond motifs is 2. The highest BCUT2D eigenvalue weighted by molar-refractivity contribution is 7.99. The molecule has 7 nitrogen and oxygen atoms in total. The molecule has 9 heteroatoms. The summed E-state index contributed by atoms with van der Waals surface area (Å²) >= 11 is 1.67. The number of hydrogen-bond donors (Lipinski definition) is 2. The summed E-state index contributed by atoms with van der Waals surface area (Å²) in [5.74, 6) is 0.373. The molecular weight excluding hydrogens is 419 g/mol. The van der Waals surface area contributed by atoms with Gasteiger partial charge in [0.1, 0.15) is 12.2 Å². The van der Waals surface area contributed by atoms with E-state index in [1.165, 1.54) is 11.0 Å². The third-order valence-electron chi connectivity index (χ3n) is 6.25. The minimum atomic E-state index is -1.16. The van der Waals surface area contributed by atoms with Crippen molar-refractivity contribution in [2.24, 2.45) is 0 Å².